The normalized spacial score (nSPS) is 28.5. The van der Waals surface area contributed by atoms with Crippen molar-refractivity contribution in [3.05, 3.63) is 5.82 Å². The van der Waals surface area contributed by atoms with Crippen LogP contribution >= 0.6 is 11.8 Å². The van der Waals surface area contributed by atoms with Crippen LogP contribution in [0.1, 0.15) is 39.9 Å². The van der Waals surface area contributed by atoms with Crippen molar-refractivity contribution in [2.75, 3.05) is 0 Å². The number of carbonyl (C=O) groups is 4. The van der Waals surface area contributed by atoms with Crippen molar-refractivity contribution in [2.24, 2.45) is 17.8 Å². The van der Waals surface area contributed by atoms with Crippen LogP contribution in [0.25, 0.3) is 0 Å². The summed E-state index contributed by atoms with van der Waals surface area (Å²) in [5, 5.41) is 28.3. The van der Waals surface area contributed by atoms with Gasteiger partial charge in [0, 0.05) is 11.2 Å². The number of nitrogens with one attached hydrogen (secondary N) is 3. The van der Waals surface area contributed by atoms with Gasteiger partial charge in [-0.15, -0.1) is 5.10 Å². The van der Waals surface area contributed by atoms with Crippen molar-refractivity contribution in [2.45, 2.75) is 67.9 Å². The number of carboxylic acid groups (broad SMARTS) is 2. The van der Waals surface area contributed by atoms with Gasteiger partial charge in [0.15, 0.2) is 0 Å². The molecule has 1 aromatic rings. The number of fused-ring (bicyclic) bond motifs is 1. The number of halogens is 3. The van der Waals surface area contributed by atoms with Crippen LogP contribution in [-0.4, -0.2) is 71.8 Å². The molecule has 2 saturated carbocycles. The average Bonchev–Trinajstić information content (AvgIpc) is 3.12. The lowest BCUT2D eigenvalue weighted by atomic mass is 9.89. The highest BCUT2D eigenvalue weighted by atomic mass is 32.2. The van der Waals surface area contributed by atoms with Gasteiger partial charge in [-0.05, 0) is 40.0 Å². The van der Waals surface area contributed by atoms with Gasteiger partial charge in [-0.25, -0.2) is 9.59 Å². The molecule has 0 saturated heterocycles. The SMILES string of the molecule is C[C@H](NC(=O)OC(C)(C)C)C(=O)NC1(C(=O)O)CC(Sc2n[nH]c(C(F)(F)F)n2)C2C(C(=O)O)C21. The van der Waals surface area contributed by atoms with E-state index in [9.17, 15) is 42.6 Å². The van der Waals surface area contributed by atoms with Crippen molar-refractivity contribution in [3.63, 3.8) is 0 Å². The van der Waals surface area contributed by atoms with Crippen LogP contribution in [0, 0.1) is 17.8 Å². The smallest absolute Gasteiger partial charge is 0.451 e. The van der Waals surface area contributed by atoms with Gasteiger partial charge in [0.05, 0.1) is 5.92 Å². The molecule has 2 aliphatic carbocycles. The van der Waals surface area contributed by atoms with E-state index in [2.05, 4.69) is 20.7 Å². The van der Waals surface area contributed by atoms with Crippen molar-refractivity contribution < 1.29 is 47.3 Å². The van der Waals surface area contributed by atoms with E-state index in [1.807, 2.05) is 0 Å². The number of nitrogens with zero attached hydrogens (tertiary/aromatic N) is 2. The number of aliphatic carboxylic acids is 2. The van der Waals surface area contributed by atoms with E-state index in [0.29, 0.717) is 11.8 Å². The third-order valence-corrected chi connectivity index (χ3v) is 6.90. The number of thioether (sulfide) groups is 1. The first-order valence-corrected chi connectivity index (χ1v) is 11.3. The minimum atomic E-state index is -4.77. The molecule has 0 spiro atoms. The first-order chi connectivity index (χ1) is 16.0. The summed E-state index contributed by atoms with van der Waals surface area (Å²) >= 11 is 0.710. The van der Waals surface area contributed by atoms with E-state index in [1.54, 1.807) is 25.9 Å². The number of carbonyl (C=O) groups excluding carboxylic acids is 2. The maximum Gasteiger partial charge on any atom is 0.451 e. The summed E-state index contributed by atoms with van der Waals surface area (Å²) in [6, 6.07) is -1.23. The number of aromatic amines is 1. The molecule has 35 heavy (non-hydrogen) atoms. The molecule has 0 radical (unpaired) electrons. The molecule has 1 aromatic heterocycles. The highest BCUT2D eigenvalue weighted by Crippen LogP contribution is 2.66. The van der Waals surface area contributed by atoms with Crippen molar-refractivity contribution in [3.8, 4) is 0 Å². The maximum atomic E-state index is 12.8. The first-order valence-electron chi connectivity index (χ1n) is 10.4. The molecule has 0 aromatic carbocycles. The van der Waals surface area contributed by atoms with Crippen LogP contribution in [0.5, 0.6) is 0 Å². The van der Waals surface area contributed by atoms with Gasteiger partial charge in [0.2, 0.25) is 16.9 Å². The van der Waals surface area contributed by atoms with Gasteiger partial charge in [0.1, 0.15) is 17.2 Å². The summed E-state index contributed by atoms with van der Waals surface area (Å²) < 4.78 is 43.5. The number of hydrogen-bond donors (Lipinski definition) is 5. The fraction of sp³-hybridized carbons (Fsp3) is 0.684. The molecule has 5 N–H and O–H groups in total. The second kappa shape index (κ2) is 8.87. The van der Waals surface area contributed by atoms with Gasteiger partial charge in [-0.1, -0.05) is 11.8 Å². The Kier molecular flexibility index (Phi) is 6.73. The van der Waals surface area contributed by atoms with Crippen LogP contribution < -0.4 is 10.6 Å². The minimum Gasteiger partial charge on any atom is -0.481 e. The number of H-pyrrole nitrogens is 1. The van der Waals surface area contributed by atoms with E-state index in [4.69, 9.17) is 4.74 Å². The van der Waals surface area contributed by atoms with Gasteiger partial charge in [-0.3, -0.25) is 14.7 Å². The number of alkyl halides is 3. The second-order valence-corrected chi connectivity index (χ2v) is 10.6. The van der Waals surface area contributed by atoms with Crippen molar-refractivity contribution >= 4 is 35.7 Å². The Morgan fingerprint density at radius 1 is 1.23 bits per heavy atom. The van der Waals surface area contributed by atoms with Crippen LogP contribution in [0.3, 0.4) is 0 Å². The summed E-state index contributed by atoms with van der Waals surface area (Å²) in [7, 11) is 0. The molecule has 5 unspecified atom stereocenters. The summed E-state index contributed by atoms with van der Waals surface area (Å²) in [5.41, 5.74) is -2.86. The Morgan fingerprint density at radius 3 is 2.34 bits per heavy atom. The average molecular weight is 523 g/mol. The maximum absolute atomic E-state index is 12.8. The molecule has 0 aliphatic heterocycles. The highest BCUT2D eigenvalue weighted by Gasteiger charge is 2.76. The van der Waals surface area contributed by atoms with E-state index in [-0.39, 0.29) is 11.6 Å². The fourth-order valence-electron chi connectivity index (χ4n) is 4.32. The van der Waals surface area contributed by atoms with Crippen molar-refractivity contribution in [1.29, 1.82) is 0 Å². The number of alkyl carbamates (subject to hydrolysis) is 1. The summed E-state index contributed by atoms with van der Waals surface area (Å²) in [4.78, 5) is 52.1. The summed E-state index contributed by atoms with van der Waals surface area (Å²) in [6.45, 7) is 6.12. The molecular formula is C19H24F3N5O7S. The Balaban J connectivity index is 1.79. The molecule has 194 valence electrons. The Labute approximate surface area is 200 Å². The zero-order valence-corrected chi connectivity index (χ0v) is 19.8. The molecule has 1 heterocycles. The predicted molar refractivity (Wildman–Crippen MR) is 111 cm³/mol. The molecule has 3 rings (SSSR count). The van der Waals surface area contributed by atoms with Crippen LogP contribution in [0.4, 0.5) is 18.0 Å². The third kappa shape index (κ3) is 5.46. The Hall–Kier alpha value is -3.04. The van der Waals surface area contributed by atoms with Crippen LogP contribution in [0.15, 0.2) is 5.16 Å². The lowest BCUT2D eigenvalue weighted by Gasteiger charge is -2.31. The lowest BCUT2D eigenvalue weighted by Crippen LogP contribution is -2.60. The van der Waals surface area contributed by atoms with Crippen LogP contribution in [-0.2, 0) is 25.3 Å². The largest absolute Gasteiger partial charge is 0.481 e. The quantitative estimate of drug-likeness (QED) is 0.351. The van der Waals surface area contributed by atoms with Crippen LogP contribution in [0.2, 0.25) is 0 Å². The zero-order valence-electron chi connectivity index (χ0n) is 19.0. The standard InChI is InChI=1S/C19H24F3N5O7S/c1-6(23-16(33)34-17(2,3)4)11(28)25-18(14(31)32)5-7(8-9(10(8)18)12(29)30)35-15-24-13(26-27-15)19(20,21)22/h6-10H,5H2,1-4H3,(H,23,33)(H,25,28)(H,29,30)(H,31,32)(H,24,26,27)/t6-,7?,8?,9?,10?,18?/m0/s1. The van der Waals surface area contributed by atoms with E-state index < -0.39 is 76.1 Å². The number of carboxylic acids is 2. The van der Waals surface area contributed by atoms with Gasteiger partial charge >= 0.3 is 24.2 Å². The molecule has 2 amide bonds. The molecule has 12 nitrogen and oxygen atoms in total. The fourth-order valence-corrected chi connectivity index (χ4v) is 5.67. The number of hydrogen-bond acceptors (Lipinski definition) is 8. The molecule has 16 heteroatoms. The molecular weight excluding hydrogens is 499 g/mol. The summed E-state index contributed by atoms with van der Waals surface area (Å²) in [6.07, 6.45) is -5.97. The number of amides is 2. The monoisotopic (exact) mass is 523 g/mol. The van der Waals surface area contributed by atoms with E-state index in [0.717, 1.165) is 0 Å². The summed E-state index contributed by atoms with van der Waals surface area (Å²) in [5.74, 6) is -7.95. The highest BCUT2D eigenvalue weighted by molar-refractivity contribution is 7.99. The van der Waals surface area contributed by atoms with Gasteiger partial charge in [0.25, 0.3) is 0 Å². The van der Waals surface area contributed by atoms with Gasteiger partial charge in [-0.2, -0.15) is 18.2 Å². The topological polar surface area (TPSA) is 184 Å². The minimum absolute atomic E-state index is 0.285. The molecule has 0 bridgehead atoms. The number of rotatable bonds is 7. The van der Waals surface area contributed by atoms with E-state index >= 15 is 0 Å². The number of aromatic nitrogens is 3. The second-order valence-electron chi connectivity index (χ2n) is 9.43. The lowest BCUT2D eigenvalue weighted by molar-refractivity contribution is -0.150. The van der Waals surface area contributed by atoms with Gasteiger partial charge < -0.3 is 25.6 Å². The molecule has 2 aliphatic rings. The Bertz CT molecular complexity index is 1040. The third-order valence-electron chi connectivity index (χ3n) is 5.73. The molecule has 2 fully saturated rings. The Morgan fingerprint density at radius 2 is 1.86 bits per heavy atom. The first kappa shape index (κ1) is 26.6. The zero-order chi connectivity index (χ0) is 26.5. The predicted octanol–water partition coefficient (Wildman–Crippen LogP) is 1.49. The van der Waals surface area contributed by atoms with E-state index in [1.165, 1.54) is 6.92 Å². The molecule has 6 atom stereocenters. The number of ether oxygens (including phenoxy) is 1. The van der Waals surface area contributed by atoms with Crippen molar-refractivity contribution in [1.82, 2.24) is 25.8 Å².